The highest BCUT2D eigenvalue weighted by Gasteiger charge is 2.58. The lowest BCUT2D eigenvalue weighted by atomic mass is 10.0. The molecule has 2 aliphatic heterocycles. The molecule has 0 aliphatic carbocycles. The molecule has 14 heteroatoms. The summed E-state index contributed by atoms with van der Waals surface area (Å²) in [6, 6.07) is 31.8. The Labute approximate surface area is 349 Å². The second-order valence-corrected chi connectivity index (χ2v) is 14.4. The summed E-state index contributed by atoms with van der Waals surface area (Å²) in [5.41, 5.74) is 2.74. The highest BCUT2D eigenvalue weighted by Crippen LogP contribution is 2.38. The molecule has 6 rings (SSSR count). The quantitative estimate of drug-likeness (QED) is 0.0929. The van der Waals surface area contributed by atoms with Crippen molar-refractivity contribution in [2.75, 3.05) is 13.2 Å². The van der Waals surface area contributed by atoms with E-state index in [0.29, 0.717) is 22.3 Å². The van der Waals surface area contributed by atoms with Crippen LogP contribution in [0.2, 0.25) is 0 Å². The highest BCUT2D eigenvalue weighted by atomic mass is 16.6. The van der Waals surface area contributed by atoms with Crippen molar-refractivity contribution in [3.05, 3.63) is 144 Å². The maximum absolute atomic E-state index is 14.8. The lowest BCUT2D eigenvalue weighted by molar-refractivity contribution is -0.157. The van der Waals surface area contributed by atoms with E-state index in [2.05, 4.69) is 0 Å². The van der Waals surface area contributed by atoms with Crippen molar-refractivity contribution in [1.29, 1.82) is 0 Å². The summed E-state index contributed by atoms with van der Waals surface area (Å²) >= 11 is 0. The van der Waals surface area contributed by atoms with E-state index in [9.17, 15) is 28.8 Å². The van der Waals surface area contributed by atoms with Gasteiger partial charge in [-0.05, 0) is 62.8 Å². The number of nitrogens with zero attached hydrogens (tertiary/aromatic N) is 4. The van der Waals surface area contributed by atoms with Crippen molar-refractivity contribution in [3.8, 4) is 0 Å². The van der Waals surface area contributed by atoms with Crippen LogP contribution in [0, 0.1) is 0 Å². The predicted octanol–water partition coefficient (Wildman–Crippen LogP) is 6.77. The van der Waals surface area contributed by atoms with Gasteiger partial charge >= 0.3 is 24.1 Å². The fraction of sp³-hybridized carbons (Fsp3) is 0.348. The number of benzene rings is 4. The van der Waals surface area contributed by atoms with Gasteiger partial charge in [0.05, 0.1) is 25.3 Å². The molecule has 6 atom stereocenters. The molecule has 14 nitrogen and oxygen atoms in total. The van der Waals surface area contributed by atoms with Gasteiger partial charge in [-0.3, -0.25) is 19.4 Å². The van der Waals surface area contributed by atoms with Crippen LogP contribution < -0.4 is 0 Å². The van der Waals surface area contributed by atoms with E-state index in [0.717, 1.165) is 9.80 Å². The monoisotopic (exact) mass is 818 g/mol. The van der Waals surface area contributed by atoms with Gasteiger partial charge in [0, 0.05) is 0 Å². The minimum absolute atomic E-state index is 0.0318. The van der Waals surface area contributed by atoms with Crippen LogP contribution in [0.15, 0.2) is 121 Å². The van der Waals surface area contributed by atoms with Crippen molar-refractivity contribution in [1.82, 2.24) is 19.6 Å². The summed E-state index contributed by atoms with van der Waals surface area (Å²) in [5.74, 6) is -2.88. The van der Waals surface area contributed by atoms with Crippen molar-refractivity contribution < 1.29 is 47.7 Å². The van der Waals surface area contributed by atoms with Crippen LogP contribution >= 0.6 is 0 Å². The highest BCUT2D eigenvalue weighted by molar-refractivity contribution is 5.98. The van der Waals surface area contributed by atoms with E-state index in [1.165, 1.54) is 9.80 Å². The first-order chi connectivity index (χ1) is 29.1. The molecule has 4 aromatic rings. The maximum atomic E-state index is 14.8. The predicted molar refractivity (Wildman–Crippen MR) is 218 cm³/mol. The molecule has 0 radical (unpaired) electrons. The molecule has 2 saturated heterocycles. The smallest absolute Gasteiger partial charge is 0.412 e. The van der Waals surface area contributed by atoms with E-state index < -0.39 is 72.4 Å². The first-order valence-corrected chi connectivity index (χ1v) is 20.1. The van der Waals surface area contributed by atoms with E-state index in [1.807, 2.05) is 24.3 Å². The molecule has 314 valence electrons. The zero-order valence-corrected chi connectivity index (χ0v) is 34.1. The zero-order chi connectivity index (χ0) is 42.8. The third-order valence-corrected chi connectivity index (χ3v) is 10.7. The summed E-state index contributed by atoms with van der Waals surface area (Å²) in [6.45, 7) is 6.35. The van der Waals surface area contributed by atoms with Gasteiger partial charge in [0.2, 0.25) is 24.1 Å². The first-order valence-electron chi connectivity index (χ1n) is 20.1. The van der Waals surface area contributed by atoms with Crippen LogP contribution in [0.4, 0.5) is 9.59 Å². The Balaban J connectivity index is 1.39. The number of rotatable bonds is 15. The Kier molecular flexibility index (Phi) is 14.2. The van der Waals surface area contributed by atoms with Gasteiger partial charge < -0.3 is 28.7 Å². The fourth-order valence-electron chi connectivity index (χ4n) is 7.79. The number of carbonyl (C=O) groups excluding carboxylic acids is 6. The Bertz CT molecular complexity index is 1960. The minimum atomic E-state index is -1.53. The average molecular weight is 819 g/mol. The third kappa shape index (κ3) is 9.27. The number of hydrogen-bond donors (Lipinski definition) is 0. The summed E-state index contributed by atoms with van der Waals surface area (Å²) in [5, 5.41) is 0. The van der Waals surface area contributed by atoms with Crippen molar-refractivity contribution >= 4 is 35.9 Å². The molecular formula is C46H50N4O10. The molecule has 60 heavy (non-hydrogen) atoms. The number of amides is 4. The van der Waals surface area contributed by atoms with Crippen LogP contribution in [-0.4, -0.2) is 93.2 Å². The topological polar surface area (TPSA) is 152 Å². The third-order valence-electron chi connectivity index (χ3n) is 10.7. The first kappa shape index (κ1) is 42.9. The summed E-state index contributed by atoms with van der Waals surface area (Å²) < 4.78 is 22.5. The van der Waals surface area contributed by atoms with Gasteiger partial charge in [0.1, 0.15) is 25.3 Å². The van der Waals surface area contributed by atoms with E-state index >= 15 is 0 Å². The van der Waals surface area contributed by atoms with Crippen LogP contribution in [0.3, 0.4) is 0 Å². The number of carbonyl (C=O) groups is 6. The minimum Gasteiger partial charge on any atom is -0.463 e. The Morgan fingerprint density at radius 2 is 0.817 bits per heavy atom. The van der Waals surface area contributed by atoms with Crippen LogP contribution in [0.25, 0.3) is 0 Å². The molecule has 0 bridgehead atoms. The molecule has 0 spiro atoms. The van der Waals surface area contributed by atoms with E-state index in [-0.39, 0.29) is 39.3 Å². The SMILES string of the molecule is CCOC(=O)[C@H]1N(C(=O)OCc2ccccc2)[C@H](CC[C@@H]2C(=O)N([C@@H](C)c3ccccc3)[C@@H](C(=O)OCC)N2C(=O)OCc2ccccc2)C(=O)N1[C@@H](C)c1ccccc1. The number of ether oxygens (including phenoxy) is 4. The molecule has 0 N–H and O–H groups in total. The zero-order valence-electron chi connectivity index (χ0n) is 34.1. The summed E-state index contributed by atoms with van der Waals surface area (Å²) in [6.07, 6.45) is -5.44. The second kappa shape index (κ2) is 19.8. The van der Waals surface area contributed by atoms with Crippen molar-refractivity contribution in [2.45, 2.75) is 90.2 Å². The Morgan fingerprint density at radius 3 is 1.13 bits per heavy atom. The molecule has 2 aliphatic rings. The van der Waals surface area contributed by atoms with Crippen molar-refractivity contribution in [3.63, 3.8) is 0 Å². The second-order valence-electron chi connectivity index (χ2n) is 14.4. The average Bonchev–Trinajstić information content (AvgIpc) is 3.74. The molecular weight excluding hydrogens is 769 g/mol. The van der Waals surface area contributed by atoms with Gasteiger partial charge in [-0.15, -0.1) is 0 Å². The maximum Gasteiger partial charge on any atom is 0.412 e. The number of hydrogen-bond acceptors (Lipinski definition) is 10. The van der Waals surface area contributed by atoms with Crippen LogP contribution in [-0.2, 0) is 51.3 Å². The fourth-order valence-corrected chi connectivity index (χ4v) is 7.79. The van der Waals surface area contributed by atoms with Crippen LogP contribution in [0.1, 0.15) is 74.9 Å². The van der Waals surface area contributed by atoms with Gasteiger partial charge in [-0.1, -0.05) is 121 Å². The molecule has 0 unspecified atom stereocenters. The Hall–Kier alpha value is -6.70. The van der Waals surface area contributed by atoms with Crippen molar-refractivity contribution in [2.24, 2.45) is 0 Å². The summed E-state index contributed by atoms with van der Waals surface area (Å²) in [7, 11) is 0. The number of esters is 2. The van der Waals surface area contributed by atoms with Gasteiger partial charge in [-0.2, -0.15) is 0 Å². The molecule has 4 amide bonds. The molecule has 2 heterocycles. The standard InChI is InChI=1S/C46H50N4O10/c1-5-57-43(53)39-47(31(3)35-23-15-9-16-24-35)41(51)37(49(39)45(55)59-29-33-19-11-7-12-20-33)27-28-38-42(52)48(32(4)36-25-17-10-18-26-36)40(44(54)58-6-2)50(38)46(56)60-30-34-21-13-8-14-22-34/h7-26,31-32,37-40H,5-6,27-30H2,1-4H3/t31-,32-,37+,38+,39+,40+/m0/s1. The van der Waals surface area contributed by atoms with Gasteiger partial charge in [0.15, 0.2) is 0 Å². The molecule has 0 aromatic heterocycles. The molecule has 0 saturated carbocycles. The molecule has 4 aromatic carbocycles. The van der Waals surface area contributed by atoms with Gasteiger partial charge in [0.25, 0.3) is 0 Å². The Morgan fingerprint density at radius 1 is 0.500 bits per heavy atom. The van der Waals surface area contributed by atoms with Gasteiger partial charge in [-0.25, -0.2) is 19.2 Å². The van der Waals surface area contributed by atoms with E-state index in [4.69, 9.17) is 18.9 Å². The lowest BCUT2D eigenvalue weighted by Gasteiger charge is -2.32. The van der Waals surface area contributed by atoms with Crippen LogP contribution in [0.5, 0.6) is 0 Å². The largest absolute Gasteiger partial charge is 0.463 e. The molecule has 2 fully saturated rings. The van der Waals surface area contributed by atoms with E-state index in [1.54, 1.807) is 125 Å². The summed E-state index contributed by atoms with van der Waals surface area (Å²) in [4.78, 5) is 90.6. The normalized spacial score (nSPS) is 19.8. The lowest BCUT2D eigenvalue weighted by Crippen LogP contribution is -2.51.